The van der Waals surface area contributed by atoms with E-state index in [0.717, 1.165) is 44.3 Å². The molecule has 0 atom stereocenters. The van der Waals surface area contributed by atoms with Crippen LogP contribution in [-0.4, -0.2) is 27.8 Å². The fraction of sp³-hybridized carbons (Fsp3) is 0.500. The van der Waals surface area contributed by atoms with Gasteiger partial charge in [-0.3, -0.25) is 0 Å². The second-order valence-electron chi connectivity index (χ2n) is 4.60. The lowest BCUT2D eigenvalue weighted by atomic mass is 9.90. The van der Waals surface area contributed by atoms with E-state index in [0.29, 0.717) is 0 Å². The molecule has 1 aliphatic heterocycles. The number of hydrogen-bond donors (Lipinski definition) is 1. The Morgan fingerprint density at radius 2 is 1.78 bits per heavy atom. The van der Waals surface area contributed by atoms with Crippen molar-refractivity contribution in [3.05, 3.63) is 29.3 Å². The lowest BCUT2D eigenvalue weighted by molar-refractivity contribution is 0.440. The summed E-state index contributed by atoms with van der Waals surface area (Å²) in [5, 5.41) is 3.14. The summed E-state index contributed by atoms with van der Waals surface area (Å²) in [7, 11) is -3.73. The summed E-state index contributed by atoms with van der Waals surface area (Å²) in [5.74, 6) is -1.55. The number of nitrogens with one attached hydrogen (secondary N) is 1. The smallest absolute Gasteiger partial charge is 0.178 e. The van der Waals surface area contributed by atoms with E-state index in [1.165, 1.54) is 0 Å². The van der Waals surface area contributed by atoms with Gasteiger partial charge in [0.25, 0.3) is 0 Å². The molecule has 0 saturated carbocycles. The Labute approximate surface area is 105 Å². The number of benzene rings is 1. The van der Waals surface area contributed by atoms with Crippen LogP contribution in [0.1, 0.15) is 24.3 Å². The Morgan fingerprint density at radius 1 is 1.17 bits per heavy atom. The summed E-state index contributed by atoms with van der Waals surface area (Å²) in [5.41, 5.74) is 0.279. The number of halogens is 2. The van der Waals surface area contributed by atoms with Crippen molar-refractivity contribution in [3.63, 3.8) is 0 Å². The molecule has 0 aromatic heterocycles. The molecule has 0 amide bonds. The highest BCUT2D eigenvalue weighted by molar-refractivity contribution is 7.90. The van der Waals surface area contributed by atoms with Crippen molar-refractivity contribution in [1.82, 2.24) is 5.32 Å². The van der Waals surface area contributed by atoms with Crippen molar-refractivity contribution < 1.29 is 17.2 Å². The van der Waals surface area contributed by atoms with Gasteiger partial charge in [0.15, 0.2) is 9.84 Å². The van der Waals surface area contributed by atoms with Crippen molar-refractivity contribution in [2.75, 3.05) is 19.3 Å². The van der Waals surface area contributed by atoms with Gasteiger partial charge >= 0.3 is 0 Å². The highest BCUT2D eigenvalue weighted by Crippen LogP contribution is 2.30. The van der Waals surface area contributed by atoms with Crippen molar-refractivity contribution >= 4 is 9.84 Å². The highest BCUT2D eigenvalue weighted by atomic mass is 32.2. The van der Waals surface area contributed by atoms with E-state index < -0.39 is 26.4 Å². The number of hydrogen-bond acceptors (Lipinski definition) is 3. The summed E-state index contributed by atoms with van der Waals surface area (Å²) < 4.78 is 50.2. The molecule has 100 valence electrons. The standard InChI is InChI=1S/C12H15F2NO2S/c1-18(16,17)12-7-10(13)9(6-11(12)14)8-2-4-15-5-3-8/h6-8,15H,2-5H2,1H3. The molecule has 0 unspecified atom stereocenters. The van der Waals surface area contributed by atoms with Crippen molar-refractivity contribution in [2.24, 2.45) is 0 Å². The van der Waals surface area contributed by atoms with Gasteiger partial charge in [0.05, 0.1) is 0 Å². The second kappa shape index (κ2) is 4.93. The van der Waals surface area contributed by atoms with E-state index in [1.54, 1.807) is 0 Å². The van der Waals surface area contributed by atoms with Crippen LogP contribution in [0.5, 0.6) is 0 Å². The maximum atomic E-state index is 13.9. The van der Waals surface area contributed by atoms with Crippen LogP contribution in [0.15, 0.2) is 17.0 Å². The number of piperidine rings is 1. The summed E-state index contributed by atoms with van der Waals surface area (Å²) in [6, 6.07) is 1.82. The SMILES string of the molecule is CS(=O)(=O)c1cc(F)c(C2CCNCC2)cc1F. The van der Waals surface area contributed by atoms with Gasteiger partial charge in [-0.15, -0.1) is 0 Å². The molecule has 1 aromatic rings. The predicted molar refractivity (Wildman–Crippen MR) is 64.3 cm³/mol. The van der Waals surface area contributed by atoms with Gasteiger partial charge in [0, 0.05) is 6.26 Å². The first kappa shape index (κ1) is 13.4. The molecule has 1 fully saturated rings. The third kappa shape index (κ3) is 2.70. The molecule has 3 nitrogen and oxygen atoms in total. The first-order valence-electron chi connectivity index (χ1n) is 5.79. The van der Waals surface area contributed by atoms with Crippen LogP contribution in [0.3, 0.4) is 0 Å². The van der Waals surface area contributed by atoms with Crippen LogP contribution in [0.25, 0.3) is 0 Å². The molecule has 1 heterocycles. The van der Waals surface area contributed by atoms with Crippen molar-refractivity contribution in [3.8, 4) is 0 Å². The minimum atomic E-state index is -3.73. The van der Waals surface area contributed by atoms with Crippen LogP contribution >= 0.6 is 0 Å². The average Bonchev–Trinajstić information content (AvgIpc) is 2.31. The quantitative estimate of drug-likeness (QED) is 0.895. The molecule has 2 rings (SSSR count). The van der Waals surface area contributed by atoms with Gasteiger partial charge in [-0.05, 0) is 49.5 Å². The molecule has 1 N–H and O–H groups in total. The third-order valence-corrected chi connectivity index (χ3v) is 4.34. The van der Waals surface area contributed by atoms with E-state index in [9.17, 15) is 17.2 Å². The lowest BCUT2D eigenvalue weighted by Gasteiger charge is -2.23. The van der Waals surface area contributed by atoms with Gasteiger partial charge in [-0.2, -0.15) is 0 Å². The molecule has 18 heavy (non-hydrogen) atoms. The third-order valence-electron chi connectivity index (χ3n) is 3.23. The second-order valence-corrected chi connectivity index (χ2v) is 6.58. The first-order valence-corrected chi connectivity index (χ1v) is 7.68. The topological polar surface area (TPSA) is 46.2 Å². The maximum Gasteiger partial charge on any atom is 0.178 e. The fourth-order valence-electron chi connectivity index (χ4n) is 2.27. The Kier molecular flexibility index (Phi) is 3.68. The summed E-state index contributed by atoms with van der Waals surface area (Å²) in [4.78, 5) is -0.572. The Balaban J connectivity index is 2.42. The minimum Gasteiger partial charge on any atom is -0.317 e. The van der Waals surface area contributed by atoms with Gasteiger partial charge in [-0.1, -0.05) is 0 Å². The fourth-order valence-corrected chi connectivity index (χ4v) is 3.00. The molecule has 0 radical (unpaired) electrons. The monoisotopic (exact) mass is 275 g/mol. The molecule has 6 heteroatoms. The predicted octanol–water partition coefficient (Wildman–Crippen LogP) is 1.84. The lowest BCUT2D eigenvalue weighted by Crippen LogP contribution is -2.27. The molecular weight excluding hydrogens is 260 g/mol. The van der Waals surface area contributed by atoms with Gasteiger partial charge in [0.2, 0.25) is 0 Å². The zero-order valence-corrected chi connectivity index (χ0v) is 10.9. The molecule has 0 spiro atoms. The number of sulfone groups is 1. The van der Waals surface area contributed by atoms with Crippen LogP contribution in [0.2, 0.25) is 0 Å². The molecular formula is C12H15F2NO2S. The number of rotatable bonds is 2. The zero-order chi connectivity index (χ0) is 13.3. The van der Waals surface area contributed by atoms with Crippen molar-refractivity contribution in [1.29, 1.82) is 0 Å². The molecule has 0 bridgehead atoms. The summed E-state index contributed by atoms with van der Waals surface area (Å²) >= 11 is 0. The average molecular weight is 275 g/mol. The molecule has 0 aliphatic carbocycles. The summed E-state index contributed by atoms with van der Waals surface area (Å²) in [6.45, 7) is 1.53. The van der Waals surface area contributed by atoms with Crippen LogP contribution in [0, 0.1) is 11.6 Å². The van der Waals surface area contributed by atoms with E-state index >= 15 is 0 Å². The van der Waals surface area contributed by atoms with Gasteiger partial charge in [-0.25, -0.2) is 17.2 Å². The highest BCUT2D eigenvalue weighted by Gasteiger charge is 2.23. The van der Waals surface area contributed by atoms with Gasteiger partial charge < -0.3 is 5.32 Å². The van der Waals surface area contributed by atoms with E-state index in [-0.39, 0.29) is 11.5 Å². The van der Waals surface area contributed by atoms with Crippen LogP contribution in [0.4, 0.5) is 8.78 Å². The normalized spacial score (nSPS) is 17.9. The Bertz CT molecular complexity index is 551. The Hall–Kier alpha value is -1.01. The first-order chi connectivity index (χ1) is 8.39. The van der Waals surface area contributed by atoms with Gasteiger partial charge in [0.1, 0.15) is 16.5 Å². The Morgan fingerprint density at radius 3 is 2.33 bits per heavy atom. The van der Waals surface area contributed by atoms with E-state index in [2.05, 4.69) is 5.32 Å². The zero-order valence-electron chi connectivity index (χ0n) is 10.0. The molecule has 1 aromatic carbocycles. The van der Waals surface area contributed by atoms with E-state index in [4.69, 9.17) is 0 Å². The van der Waals surface area contributed by atoms with E-state index in [1.807, 2.05) is 0 Å². The largest absolute Gasteiger partial charge is 0.317 e. The van der Waals surface area contributed by atoms with Crippen LogP contribution < -0.4 is 5.32 Å². The van der Waals surface area contributed by atoms with Crippen molar-refractivity contribution in [2.45, 2.75) is 23.7 Å². The maximum absolute atomic E-state index is 13.9. The summed E-state index contributed by atoms with van der Waals surface area (Å²) in [6.07, 6.45) is 2.33. The van der Waals surface area contributed by atoms with Crippen LogP contribution in [-0.2, 0) is 9.84 Å². The molecule has 1 saturated heterocycles. The minimum absolute atomic E-state index is 0.0469. The molecule has 1 aliphatic rings.